The van der Waals surface area contributed by atoms with Crippen LogP contribution in [-0.4, -0.2) is 45.0 Å². The van der Waals surface area contributed by atoms with Gasteiger partial charge in [0.25, 0.3) is 11.8 Å². The van der Waals surface area contributed by atoms with E-state index in [1.165, 1.54) is 4.90 Å². The zero-order chi connectivity index (χ0) is 37.6. The van der Waals surface area contributed by atoms with Gasteiger partial charge in [0.2, 0.25) is 0 Å². The fourth-order valence-electron chi connectivity index (χ4n) is 7.79. The molecule has 4 aromatic carbocycles. The Morgan fingerprint density at radius 3 is 1.07 bits per heavy atom. The van der Waals surface area contributed by atoms with E-state index in [9.17, 15) is 9.59 Å². The number of H-pyrrole nitrogens is 2. The van der Waals surface area contributed by atoms with Gasteiger partial charge in [-0.25, -0.2) is 14.9 Å². The Morgan fingerprint density at radius 2 is 0.732 bits per heavy atom. The lowest BCUT2D eigenvalue weighted by Gasteiger charge is -2.25. The first-order chi connectivity index (χ1) is 27.6. The summed E-state index contributed by atoms with van der Waals surface area (Å²) < 4.78 is 5.15. The molecule has 0 radical (unpaired) electrons. The number of fused-ring (bicyclic) bond motifs is 8. The van der Waals surface area contributed by atoms with Crippen molar-refractivity contribution in [3.63, 3.8) is 0 Å². The van der Waals surface area contributed by atoms with E-state index in [0.29, 0.717) is 5.69 Å². The molecule has 2 amide bonds. The van der Waals surface area contributed by atoms with Crippen molar-refractivity contribution in [2.75, 3.05) is 18.1 Å². The zero-order valence-corrected chi connectivity index (χ0v) is 30.1. The second-order valence-electron chi connectivity index (χ2n) is 13.8. The molecule has 8 heteroatoms. The van der Waals surface area contributed by atoms with Crippen LogP contribution in [0.4, 0.5) is 5.69 Å². The van der Waals surface area contributed by atoms with Gasteiger partial charge in [-0.15, -0.1) is 0 Å². The summed E-state index contributed by atoms with van der Waals surface area (Å²) in [6.07, 6.45) is 8.30. The molecule has 0 aliphatic carbocycles. The van der Waals surface area contributed by atoms with Gasteiger partial charge >= 0.3 is 0 Å². The van der Waals surface area contributed by atoms with Crippen molar-refractivity contribution in [3.8, 4) is 44.5 Å². The Balaban J connectivity index is 1.31. The van der Waals surface area contributed by atoms with E-state index in [1.54, 1.807) is 12.1 Å². The van der Waals surface area contributed by atoms with Crippen LogP contribution in [0.2, 0.25) is 0 Å². The van der Waals surface area contributed by atoms with E-state index in [0.717, 1.165) is 89.4 Å². The van der Waals surface area contributed by atoms with E-state index in [-0.39, 0.29) is 25.0 Å². The van der Waals surface area contributed by atoms with Gasteiger partial charge in [0.1, 0.15) is 13.2 Å². The number of benzene rings is 4. The van der Waals surface area contributed by atoms with Crippen LogP contribution in [0.5, 0.6) is 0 Å². The fraction of sp³-hybridized carbons (Fsp3) is 0.0417. The van der Waals surface area contributed by atoms with Crippen LogP contribution in [0.1, 0.15) is 22.8 Å². The first kappa shape index (κ1) is 33.2. The second-order valence-corrected chi connectivity index (χ2v) is 13.8. The average molecular weight is 728 g/mol. The molecule has 0 atom stereocenters. The van der Waals surface area contributed by atoms with Crippen molar-refractivity contribution in [1.29, 1.82) is 0 Å². The number of carbonyl (C=O) groups is 2. The highest BCUT2D eigenvalue weighted by atomic mass is 16.5. The number of ether oxygens (including phenoxy) is 1. The topological polar surface area (TPSA) is 104 Å². The quantitative estimate of drug-likeness (QED) is 0.172. The Hall–Kier alpha value is -7.42. The van der Waals surface area contributed by atoms with Gasteiger partial charge in [-0.2, -0.15) is 0 Å². The molecule has 268 valence electrons. The number of anilines is 1. The molecule has 7 aromatic rings. The molecule has 8 nitrogen and oxygen atoms in total. The molecule has 3 aliphatic rings. The number of hydrogen-bond acceptors (Lipinski definition) is 5. The Morgan fingerprint density at radius 1 is 0.411 bits per heavy atom. The lowest BCUT2D eigenvalue weighted by molar-refractivity contribution is -0.138. The van der Waals surface area contributed by atoms with Crippen molar-refractivity contribution in [2.45, 2.75) is 0 Å². The predicted octanol–water partition coefficient (Wildman–Crippen LogP) is 10.2. The van der Waals surface area contributed by atoms with E-state index >= 15 is 0 Å². The third-order valence-electron chi connectivity index (χ3n) is 10.3. The summed E-state index contributed by atoms with van der Waals surface area (Å²) in [7, 11) is 0. The van der Waals surface area contributed by atoms with Crippen LogP contribution in [0.25, 0.3) is 90.9 Å². The molecular formula is C48H33N5O3. The number of nitrogens with one attached hydrogen (secondary N) is 2. The molecule has 2 N–H and O–H groups in total. The number of morpholine rings is 1. The number of carbonyl (C=O) groups excluding carboxylic acids is 2. The van der Waals surface area contributed by atoms with Crippen molar-refractivity contribution in [3.05, 3.63) is 162 Å². The summed E-state index contributed by atoms with van der Waals surface area (Å²) in [6.45, 7) is -0.269. The third-order valence-corrected chi connectivity index (χ3v) is 10.3. The van der Waals surface area contributed by atoms with Gasteiger partial charge in [0, 0.05) is 44.3 Å². The van der Waals surface area contributed by atoms with Crippen molar-refractivity contribution >= 4 is 63.9 Å². The Labute approximate surface area is 322 Å². The van der Waals surface area contributed by atoms with Crippen LogP contribution in [-0.2, 0) is 14.3 Å². The highest BCUT2D eigenvalue weighted by molar-refractivity contribution is 6.17. The van der Waals surface area contributed by atoms with Gasteiger partial charge in [-0.05, 0) is 83.0 Å². The molecule has 0 unspecified atom stereocenters. The van der Waals surface area contributed by atoms with Gasteiger partial charge in [0.15, 0.2) is 0 Å². The molecule has 3 aliphatic heterocycles. The van der Waals surface area contributed by atoms with Crippen molar-refractivity contribution < 1.29 is 14.3 Å². The summed E-state index contributed by atoms with van der Waals surface area (Å²) in [5, 5.41) is 0. The van der Waals surface area contributed by atoms with E-state index in [2.05, 4.69) is 101 Å². The van der Waals surface area contributed by atoms with Gasteiger partial charge in [0.05, 0.1) is 28.5 Å². The maximum absolute atomic E-state index is 12.7. The molecular weight excluding hydrogens is 695 g/mol. The van der Waals surface area contributed by atoms with E-state index < -0.39 is 0 Å². The molecule has 1 fully saturated rings. The summed E-state index contributed by atoms with van der Waals surface area (Å²) in [5.74, 6) is -0.776. The average Bonchev–Trinajstić information content (AvgIpc) is 4.08. The van der Waals surface area contributed by atoms with E-state index in [1.807, 2.05) is 60.7 Å². The molecule has 10 rings (SSSR count). The molecule has 0 spiro atoms. The third kappa shape index (κ3) is 5.85. The van der Waals surface area contributed by atoms with Crippen molar-refractivity contribution in [1.82, 2.24) is 19.9 Å². The lowest BCUT2D eigenvalue weighted by Crippen LogP contribution is -2.46. The van der Waals surface area contributed by atoms with Crippen LogP contribution in [0.15, 0.2) is 140 Å². The number of amides is 2. The Bertz CT molecular complexity index is 2860. The number of aromatic nitrogens is 4. The SMILES string of the molecule is O=C1COCC(=O)N1c1ccc(-c2c3nc(c(-c4ccccc4)c4ccc([nH]4)c(-c4ccccc4)c4nc(c(-c5ccccc5)c5ccc2[nH]5)C=C4)C=C3)cc1. The van der Waals surface area contributed by atoms with Gasteiger partial charge < -0.3 is 14.7 Å². The molecule has 56 heavy (non-hydrogen) atoms. The van der Waals surface area contributed by atoms with Crippen LogP contribution >= 0.6 is 0 Å². The highest BCUT2D eigenvalue weighted by Gasteiger charge is 2.28. The van der Waals surface area contributed by atoms with E-state index in [4.69, 9.17) is 14.7 Å². The standard InChI is InChI=1S/C48H33N5O3/c54-43-28-56-29-44(55)53(43)34-18-16-33(17-19-34)48-41-26-24-39(51-41)46(31-12-6-2-7-13-31)37-22-20-35(49-37)45(30-10-4-1-5-11-30)36-21-23-38(50-36)47(32-14-8-3-9-15-32)40-25-27-42(48)52-40/h1-27,49,52H,28-29H2. The zero-order valence-electron chi connectivity index (χ0n) is 30.1. The smallest absolute Gasteiger partial charge is 0.259 e. The molecule has 6 heterocycles. The summed E-state index contributed by atoms with van der Waals surface area (Å²) in [6, 6.07) is 46.8. The summed E-state index contributed by atoms with van der Waals surface area (Å²) in [5.41, 5.74) is 15.1. The summed E-state index contributed by atoms with van der Waals surface area (Å²) in [4.78, 5) is 44.8. The fourth-order valence-corrected chi connectivity index (χ4v) is 7.79. The largest absolute Gasteiger partial charge is 0.362 e. The number of imide groups is 1. The van der Waals surface area contributed by atoms with Crippen LogP contribution < -0.4 is 4.90 Å². The molecule has 0 saturated carbocycles. The highest BCUT2D eigenvalue weighted by Crippen LogP contribution is 2.38. The molecule has 8 bridgehead atoms. The Kier molecular flexibility index (Phi) is 8.16. The normalized spacial score (nSPS) is 13.8. The number of hydrogen-bond donors (Lipinski definition) is 2. The summed E-state index contributed by atoms with van der Waals surface area (Å²) >= 11 is 0. The van der Waals surface area contributed by atoms with Crippen LogP contribution in [0.3, 0.4) is 0 Å². The van der Waals surface area contributed by atoms with Gasteiger partial charge in [-0.3, -0.25) is 9.59 Å². The van der Waals surface area contributed by atoms with Gasteiger partial charge in [-0.1, -0.05) is 103 Å². The maximum atomic E-state index is 12.7. The lowest BCUT2D eigenvalue weighted by atomic mass is 10.0. The number of rotatable bonds is 5. The second kappa shape index (κ2) is 13.8. The minimum absolute atomic E-state index is 0.134. The maximum Gasteiger partial charge on any atom is 0.259 e. The first-order valence-corrected chi connectivity index (χ1v) is 18.5. The van der Waals surface area contributed by atoms with Crippen LogP contribution in [0, 0.1) is 0 Å². The minimum atomic E-state index is -0.388. The first-order valence-electron chi connectivity index (χ1n) is 18.5. The predicted molar refractivity (Wildman–Crippen MR) is 224 cm³/mol. The molecule has 3 aromatic heterocycles. The number of aromatic amines is 2. The number of nitrogens with zero attached hydrogens (tertiary/aromatic N) is 3. The molecule has 1 saturated heterocycles. The monoisotopic (exact) mass is 727 g/mol. The minimum Gasteiger partial charge on any atom is -0.362 e. The van der Waals surface area contributed by atoms with Crippen molar-refractivity contribution in [2.24, 2.45) is 0 Å².